The molecule has 0 aromatic rings. The summed E-state index contributed by atoms with van der Waals surface area (Å²) in [6, 6.07) is 0. The number of carbonyl (C=O) groups is 4. The number of hydrogen-bond donors (Lipinski definition) is 3. The Morgan fingerprint density at radius 1 is 0.250 bits per heavy atom. The molecule has 19 heteroatoms. The summed E-state index contributed by atoms with van der Waals surface area (Å²) < 4.78 is 69.0. The molecule has 0 aromatic carbocycles. The van der Waals surface area contributed by atoms with Crippen LogP contribution in [0.15, 0.2) is 0 Å². The Labute approximate surface area is 664 Å². The highest BCUT2D eigenvalue weighted by atomic mass is 31.2. The third-order valence-electron chi connectivity index (χ3n) is 21.0. The van der Waals surface area contributed by atoms with Gasteiger partial charge >= 0.3 is 39.5 Å². The lowest BCUT2D eigenvalue weighted by atomic mass is 10.0. The van der Waals surface area contributed by atoms with Gasteiger partial charge in [0.25, 0.3) is 0 Å². The largest absolute Gasteiger partial charge is 0.472 e. The van der Waals surface area contributed by atoms with E-state index in [-0.39, 0.29) is 25.7 Å². The van der Waals surface area contributed by atoms with Gasteiger partial charge in [0.1, 0.15) is 19.3 Å². The van der Waals surface area contributed by atoms with Crippen LogP contribution in [0.5, 0.6) is 0 Å². The normalized spacial score (nSPS) is 13.7. The summed E-state index contributed by atoms with van der Waals surface area (Å²) in [6.45, 7) is 7.40. The molecule has 17 nitrogen and oxygen atoms in total. The van der Waals surface area contributed by atoms with Gasteiger partial charge in [-0.2, -0.15) is 0 Å². The van der Waals surface area contributed by atoms with Crippen LogP contribution in [0.2, 0.25) is 0 Å². The second-order valence-corrected chi connectivity index (χ2v) is 35.4. The summed E-state index contributed by atoms with van der Waals surface area (Å²) in [6.07, 6.45) is 76.4. The Kier molecular flexibility index (Phi) is 80.2. The molecule has 0 saturated heterocycles. The third kappa shape index (κ3) is 82.1. The van der Waals surface area contributed by atoms with Gasteiger partial charge in [0.2, 0.25) is 0 Å². The van der Waals surface area contributed by atoms with Crippen molar-refractivity contribution in [1.82, 2.24) is 0 Å². The van der Waals surface area contributed by atoms with Crippen LogP contribution in [-0.2, 0) is 65.4 Å². The van der Waals surface area contributed by atoms with Crippen molar-refractivity contribution in [2.75, 3.05) is 39.6 Å². The van der Waals surface area contributed by atoms with E-state index in [0.717, 1.165) is 95.8 Å². The monoisotopic (exact) mass is 1580 g/mol. The zero-order valence-electron chi connectivity index (χ0n) is 71.0. The Morgan fingerprint density at radius 2 is 0.426 bits per heavy atom. The van der Waals surface area contributed by atoms with E-state index < -0.39 is 97.5 Å². The van der Waals surface area contributed by atoms with Gasteiger partial charge in [-0.3, -0.25) is 37.3 Å². The summed E-state index contributed by atoms with van der Waals surface area (Å²) >= 11 is 0. The highest BCUT2D eigenvalue weighted by Gasteiger charge is 2.30. The molecule has 0 amide bonds. The molecule has 642 valence electrons. The number of ether oxygens (including phenoxy) is 4. The predicted octanol–water partition coefficient (Wildman–Crippen LogP) is 27.5. The quantitative estimate of drug-likeness (QED) is 0.0222. The lowest BCUT2D eigenvalue weighted by Crippen LogP contribution is -2.30. The van der Waals surface area contributed by atoms with Gasteiger partial charge < -0.3 is 33.8 Å². The molecule has 0 saturated carbocycles. The number of unbranched alkanes of at least 4 members (excludes halogenated alkanes) is 61. The van der Waals surface area contributed by atoms with Gasteiger partial charge in [-0.25, -0.2) is 9.13 Å². The van der Waals surface area contributed by atoms with E-state index in [4.69, 9.17) is 37.0 Å². The molecule has 0 fully saturated rings. The molecular weight excluding hydrogens is 1400 g/mol. The topological polar surface area (TPSA) is 237 Å². The molecule has 0 aliphatic heterocycles. The summed E-state index contributed by atoms with van der Waals surface area (Å²) in [4.78, 5) is 73.3. The Hall–Kier alpha value is -1.94. The van der Waals surface area contributed by atoms with Crippen LogP contribution in [0, 0.1) is 5.92 Å². The van der Waals surface area contributed by atoms with E-state index in [1.165, 1.54) is 308 Å². The number of carbonyl (C=O) groups excluding carboxylic acids is 4. The smallest absolute Gasteiger partial charge is 0.462 e. The summed E-state index contributed by atoms with van der Waals surface area (Å²) in [5.74, 6) is -1.30. The standard InChI is InChI=1S/C89H174O17P2/c1-6-9-12-15-18-21-24-26-28-30-32-34-36-38-43-48-53-58-63-68-73-87(92)100-79-85(106-88(93)74-69-64-59-54-49-44-39-37-35-33-31-29-27-25-22-19-16-13-10-7-2)81-104-108(97,98)102-77-83(90)76-101-107(95,96)103-80-84(78-99-86(91)72-67-62-57-52-46-23-20-17-14-11-8-3)105-89(94)75-70-65-60-55-50-45-41-40-42-47-51-56-61-66-71-82(4)5/h82-85,90H,6-81H2,1-5H3,(H,95,96)(H,97,98)/t83-,84+,85+/m0/s1. The second kappa shape index (κ2) is 81.6. The van der Waals surface area contributed by atoms with Crippen LogP contribution in [0.25, 0.3) is 0 Å². The Morgan fingerprint density at radius 3 is 0.630 bits per heavy atom. The molecule has 0 aliphatic carbocycles. The maximum absolute atomic E-state index is 13.2. The van der Waals surface area contributed by atoms with Crippen molar-refractivity contribution in [2.24, 2.45) is 5.92 Å². The fraction of sp³-hybridized carbons (Fsp3) is 0.955. The van der Waals surface area contributed by atoms with Crippen LogP contribution >= 0.6 is 15.6 Å². The average Bonchev–Trinajstić information content (AvgIpc) is 0.899. The number of phosphoric acid groups is 2. The molecule has 108 heavy (non-hydrogen) atoms. The Bertz CT molecular complexity index is 2050. The summed E-state index contributed by atoms with van der Waals surface area (Å²) in [5.41, 5.74) is 0. The minimum absolute atomic E-state index is 0.108. The molecule has 2 unspecified atom stereocenters. The molecule has 0 bridgehead atoms. The number of esters is 4. The average molecular weight is 1580 g/mol. The first-order chi connectivity index (χ1) is 52.5. The predicted molar refractivity (Wildman–Crippen MR) is 446 cm³/mol. The van der Waals surface area contributed by atoms with E-state index >= 15 is 0 Å². The highest BCUT2D eigenvalue weighted by Crippen LogP contribution is 2.45. The van der Waals surface area contributed by atoms with Crippen molar-refractivity contribution in [2.45, 2.75) is 502 Å². The molecular formula is C89H174O17P2. The first-order valence-electron chi connectivity index (χ1n) is 46.1. The van der Waals surface area contributed by atoms with Gasteiger partial charge in [0, 0.05) is 25.7 Å². The Balaban J connectivity index is 5.23. The maximum Gasteiger partial charge on any atom is 0.472 e. The minimum Gasteiger partial charge on any atom is -0.462 e. The van der Waals surface area contributed by atoms with Gasteiger partial charge in [-0.05, 0) is 31.6 Å². The number of rotatable bonds is 89. The molecule has 0 heterocycles. The zero-order chi connectivity index (χ0) is 79.0. The number of aliphatic hydroxyl groups excluding tert-OH is 1. The maximum atomic E-state index is 13.2. The van der Waals surface area contributed by atoms with Crippen LogP contribution < -0.4 is 0 Å². The lowest BCUT2D eigenvalue weighted by molar-refractivity contribution is -0.161. The molecule has 0 rings (SSSR count). The molecule has 0 radical (unpaired) electrons. The first kappa shape index (κ1) is 106. The summed E-state index contributed by atoms with van der Waals surface area (Å²) in [5, 5.41) is 10.7. The summed E-state index contributed by atoms with van der Waals surface area (Å²) in [7, 11) is -9.93. The number of aliphatic hydroxyl groups is 1. The zero-order valence-corrected chi connectivity index (χ0v) is 72.8. The molecule has 5 atom stereocenters. The van der Waals surface area contributed by atoms with Gasteiger partial charge in [-0.15, -0.1) is 0 Å². The van der Waals surface area contributed by atoms with E-state index in [2.05, 4.69) is 34.6 Å². The SMILES string of the molecule is CCCCCCCCCCCCCCCCCCCCCCC(=O)OC[C@H](COP(=O)(O)OC[C@@H](O)COP(=O)(O)OC[C@@H](COC(=O)CCCCCCCCCCCCC)OC(=O)CCCCCCCCCCCCCCCCC(C)C)OC(=O)CCCCCCCCCCCCCCCCCCCCCC. The van der Waals surface area contributed by atoms with E-state index in [0.29, 0.717) is 25.7 Å². The number of hydrogen-bond acceptors (Lipinski definition) is 15. The van der Waals surface area contributed by atoms with Crippen LogP contribution in [-0.4, -0.2) is 96.7 Å². The first-order valence-corrected chi connectivity index (χ1v) is 49.1. The van der Waals surface area contributed by atoms with Gasteiger partial charge in [0.05, 0.1) is 26.4 Å². The van der Waals surface area contributed by atoms with Crippen molar-refractivity contribution in [3.63, 3.8) is 0 Å². The van der Waals surface area contributed by atoms with Crippen LogP contribution in [0.1, 0.15) is 484 Å². The third-order valence-corrected chi connectivity index (χ3v) is 22.9. The second-order valence-electron chi connectivity index (χ2n) is 32.5. The van der Waals surface area contributed by atoms with Crippen molar-refractivity contribution >= 4 is 39.5 Å². The van der Waals surface area contributed by atoms with Crippen LogP contribution in [0.4, 0.5) is 0 Å². The lowest BCUT2D eigenvalue weighted by Gasteiger charge is -2.21. The van der Waals surface area contributed by atoms with E-state index in [9.17, 15) is 43.2 Å². The van der Waals surface area contributed by atoms with Crippen molar-refractivity contribution < 1.29 is 80.2 Å². The molecule has 0 spiro atoms. The fourth-order valence-electron chi connectivity index (χ4n) is 14.0. The van der Waals surface area contributed by atoms with Crippen LogP contribution in [0.3, 0.4) is 0 Å². The number of phosphoric ester groups is 2. The molecule has 3 N–H and O–H groups in total. The molecule has 0 aromatic heterocycles. The van der Waals surface area contributed by atoms with Gasteiger partial charge in [-0.1, -0.05) is 433 Å². The van der Waals surface area contributed by atoms with Crippen molar-refractivity contribution in [3.8, 4) is 0 Å². The van der Waals surface area contributed by atoms with E-state index in [1.54, 1.807) is 0 Å². The minimum atomic E-state index is -4.97. The van der Waals surface area contributed by atoms with Crippen molar-refractivity contribution in [3.05, 3.63) is 0 Å². The van der Waals surface area contributed by atoms with Gasteiger partial charge in [0.15, 0.2) is 12.2 Å². The highest BCUT2D eigenvalue weighted by molar-refractivity contribution is 7.47. The fourth-order valence-corrected chi connectivity index (χ4v) is 15.6. The van der Waals surface area contributed by atoms with Crippen molar-refractivity contribution in [1.29, 1.82) is 0 Å². The van der Waals surface area contributed by atoms with E-state index in [1.807, 2.05) is 0 Å². The molecule has 0 aliphatic rings.